The molecule has 7 nitrogen and oxygen atoms in total. The van der Waals surface area contributed by atoms with E-state index in [0.717, 1.165) is 29.1 Å². The van der Waals surface area contributed by atoms with E-state index in [1.54, 1.807) is 0 Å². The Bertz CT molecular complexity index is 959. The molecule has 2 aromatic heterocycles. The van der Waals surface area contributed by atoms with E-state index in [1.165, 1.54) is 29.9 Å². The Hall–Kier alpha value is -2.97. The number of amides is 1. The van der Waals surface area contributed by atoms with Crippen LogP contribution in [0.3, 0.4) is 0 Å². The molecule has 1 aliphatic heterocycles. The number of carbonyl (C=O) groups is 2. The van der Waals surface area contributed by atoms with Gasteiger partial charge >= 0.3 is 0 Å². The molecule has 1 aliphatic rings. The molecule has 0 radical (unpaired) electrons. The highest BCUT2D eigenvalue weighted by molar-refractivity contribution is 7.15. The molecule has 3 aromatic rings. The maximum absolute atomic E-state index is 12.4. The molecule has 4 rings (SSSR count). The lowest BCUT2D eigenvalue weighted by Gasteiger charge is -2.24. The van der Waals surface area contributed by atoms with Gasteiger partial charge in [0, 0.05) is 42.3 Å². The van der Waals surface area contributed by atoms with Gasteiger partial charge < -0.3 is 0 Å². The lowest BCUT2D eigenvalue weighted by Crippen LogP contribution is -2.34. The Labute approximate surface area is 160 Å². The number of fused-ring (bicyclic) bond motifs is 1. The molecule has 8 heteroatoms. The second kappa shape index (κ2) is 7.73. The number of Topliss-reactive ketones (excluding diaryl/α,β-unsaturated/α-hetero) is 1. The van der Waals surface area contributed by atoms with Crippen molar-refractivity contribution < 1.29 is 9.59 Å². The summed E-state index contributed by atoms with van der Waals surface area (Å²) in [6.45, 7) is 1.81. The predicted molar refractivity (Wildman–Crippen MR) is 102 cm³/mol. The van der Waals surface area contributed by atoms with Crippen molar-refractivity contribution in [3.05, 3.63) is 70.8 Å². The van der Waals surface area contributed by atoms with Crippen molar-refractivity contribution in [2.75, 3.05) is 18.4 Å². The molecule has 0 bridgehead atoms. The molecule has 0 aliphatic carbocycles. The van der Waals surface area contributed by atoms with Crippen molar-refractivity contribution in [1.29, 1.82) is 0 Å². The van der Waals surface area contributed by atoms with Gasteiger partial charge in [0.1, 0.15) is 5.69 Å². The van der Waals surface area contributed by atoms with E-state index in [9.17, 15) is 9.59 Å². The van der Waals surface area contributed by atoms with Gasteiger partial charge in [-0.15, -0.1) is 11.3 Å². The monoisotopic (exact) mass is 379 g/mol. The third kappa shape index (κ3) is 4.07. The van der Waals surface area contributed by atoms with Crippen molar-refractivity contribution in [3.8, 4) is 0 Å². The minimum Gasteiger partial charge on any atom is -0.296 e. The van der Waals surface area contributed by atoms with Crippen LogP contribution < -0.4 is 5.32 Å². The van der Waals surface area contributed by atoms with Gasteiger partial charge in [0.15, 0.2) is 10.9 Å². The molecule has 0 saturated carbocycles. The van der Waals surface area contributed by atoms with Crippen LogP contribution in [-0.4, -0.2) is 44.6 Å². The Morgan fingerprint density at radius 1 is 1.19 bits per heavy atom. The molecule has 1 amide bonds. The molecule has 1 N–H and O–H groups in total. The van der Waals surface area contributed by atoms with E-state index in [-0.39, 0.29) is 17.4 Å². The maximum atomic E-state index is 12.4. The summed E-state index contributed by atoms with van der Waals surface area (Å²) in [7, 11) is 0. The number of nitrogens with zero attached hydrogens (tertiary/aromatic N) is 4. The molecule has 27 heavy (non-hydrogen) atoms. The zero-order valence-corrected chi connectivity index (χ0v) is 15.3. The van der Waals surface area contributed by atoms with Crippen LogP contribution in [-0.2, 0) is 13.0 Å². The Morgan fingerprint density at radius 2 is 2.04 bits per heavy atom. The van der Waals surface area contributed by atoms with Gasteiger partial charge in [-0.05, 0) is 0 Å². The maximum Gasteiger partial charge on any atom is 0.277 e. The van der Waals surface area contributed by atoms with Gasteiger partial charge in [-0.25, -0.2) is 9.97 Å². The summed E-state index contributed by atoms with van der Waals surface area (Å²) >= 11 is 1.44. The van der Waals surface area contributed by atoms with E-state index in [0.29, 0.717) is 18.2 Å². The smallest absolute Gasteiger partial charge is 0.277 e. The summed E-state index contributed by atoms with van der Waals surface area (Å²) in [5.41, 5.74) is 1.96. The molecule has 0 fully saturated rings. The number of rotatable bonds is 5. The molecule has 0 unspecified atom stereocenters. The first-order chi connectivity index (χ1) is 13.2. The third-order valence-corrected chi connectivity index (χ3v) is 5.29. The van der Waals surface area contributed by atoms with Crippen LogP contribution in [0, 0.1) is 0 Å². The lowest BCUT2D eigenvalue weighted by molar-refractivity contribution is 0.0921. The number of anilines is 1. The summed E-state index contributed by atoms with van der Waals surface area (Å²) < 4.78 is 0. The number of thiazole rings is 1. The van der Waals surface area contributed by atoms with Crippen molar-refractivity contribution in [3.63, 3.8) is 0 Å². The van der Waals surface area contributed by atoms with Gasteiger partial charge in [-0.2, -0.15) is 0 Å². The summed E-state index contributed by atoms with van der Waals surface area (Å²) in [6.07, 6.45) is 5.17. The average molecular weight is 379 g/mol. The van der Waals surface area contributed by atoms with Crippen molar-refractivity contribution in [2.45, 2.75) is 13.0 Å². The van der Waals surface area contributed by atoms with Gasteiger partial charge in [0.2, 0.25) is 0 Å². The van der Waals surface area contributed by atoms with Crippen molar-refractivity contribution in [2.24, 2.45) is 0 Å². The second-order valence-electron chi connectivity index (χ2n) is 6.18. The van der Waals surface area contributed by atoms with Gasteiger partial charge in [0.05, 0.1) is 18.4 Å². The van der Waals surface area contributed by atoms with Gasteiger partial charge in [-0.1, -0.05) is 30.3 Å². The number of hydrogen-bond acceptors (Lipinski definition) is 7. The molecule has 1 aromatic carbocycles. The van der Waals surface area contributed by atoms with Crippen LogP contribution in [0.15, 0.2) is 48.9 Å². The number of nitrogens with one attached hydrogen (secondary N) is 1. The Morgan fingerprint density at radius 3 is 2.81 bits per heavy atom. The van der Waals surface area contributed by atoms with Crippen LogP contribution >= 0.6 is 11.3 Å². The number of hydrogen-bond donors (Lipinski definition) is 1. The molecular formula is C19H17N5O2S. The fourth-order valence-corrected chi connectivity index (χ4v) is 3.98. The Balaban J connectivity index is 1.40. The van der Waals surface area contributed by atoms with Crippen molar-refractivity contribution >= 4 is 28.2 Å². The molecule has 0 saturated heterocycles. The van der Waals surface area contributed by atoms with Crippen LogP contribution in [0.2, 0.25) is 0 Å². The lowest BCUT2D eigenvalue weighted by atomic mass is 10.1. The van der Waals surface area contributed by atoms with Gasteiger partial charge in [-0.3, -0.25) is 24.8 Å². The first kappa shape index (κ1) is 17.4. The number of benzene rings is 1. The van der Waals surface area contributed by atoms with E-state index >= 15 is 0 Å². The SMILES string of the molecule is O=C(CN1CCc2nc(NC(=O)c3cnccn3)sc2C1)c1ccccc1. The highest BCUT2D eigenvalue weighted by Gasteiger charge is 2.23. The van der Waals surface area contributed by atoms with Crippen LogP contribution in [0.5, 0.6) is 0 Å². The molecular weight excluding hydrogens is 362 g/mol. The number of ketones is 1. The normalized spacial score (nSPS) is 13.8. The van der Waals surface area contributed by atoms with E-state index in [2.05, 4.69) is 25.2 Å². The summed E-state index contributed by atoms with van der Waals surface area (Å²) in [5.74, 6) is -0.218. The fraction of sp³-hybridized carbons (Fsp3) is 0.211. The minimum atomic E-state index is -0.328. The first-order valence-corrected chi connectivity index (χ1v) is 9.37. The standard InChI is InChI=1S/C19H17N5O2S/c25-16(13-4-2-1-3-5-13)11-24-9-6-14-17(12-24)27-19(22-14)23-18(26)15-10-20-7-8-21-15/h1-5,7-8,10H,6,9,11-12H2,(H,22,23,26). The topological polar surface area (TPSA) is 88.1 Å². The predicted octanol–water partition coefficient (Wildman–Crippen LogP) is 2.43. The van der Waals surface area contributed by atoms with Crippen LogP contribution in [0.4, 0.5) is 5.13 Å². The summed E-state index contributed by atoms with van der Waals surface area (Å²) in [5, 5.41) is 3.33. The van der Waals surface area contributed by atoms with Crippen LogP contribution in [0.25, 0.3) is 0 Å². The van der Waals surface area contributed by atoms with E-state index in [4.69, 9.17) is 0 Å². The zero-order valence-electron chi connectivity index (χ0n) is 14.5. The summed E-state index contributed by atoms with van der Waals surface area (Å²) in [6, 6.07) is 9.32. The second-order valence-corrected chi connectivity index (χ2v) is 7.27. The molecule has 0 atom stereocenters. The average Bonchev–Trinajstić information content (AvgIpc) is 3.10. The first-order valence-electron chi connectivity index (χ1n) is 8.55. The van der Waals surface area contributed by atoms with Crippen LogP contribution in [0.1, 0.15) is 31.4 Å². The van der Waals surface area contributed by atoms with Crippen molar-refractivity contribution in [1.82, 2.24) is 19.9 Å². The number of aromatic nitrogens is 3. The van der Waals surface area contributed by atoms with E-state index < -0.39 is 0 Å². The summed E-state index contributed by atoms with van der Waals surface area (Å²) in [4.78, 5) is 40.2. The van der Waals surface area contributed by atoms with E-state index in [1.807, 2.05) is 30.3 Å². The quantitative estimate of drug-likeness (QED) is 0.685. The molecule has 136 valence electrons. The van der Waals surface area contributed by atoms with Gasteiger partial charge in [0.25, 0.3) is 5.91 Å². The third-order valence-electron chi connectivity index (χ3n) is 4.29. The fourth-order valence-electron chi connectivity index (χ4n) is 2.93. The highest BCUT2D eigenvalue weighted by Crippen LogP contribution is 2.28. The minimum absolute atomic E-state index is 0.111. The number of carbonyl (C=O) groups excluding carboxylic acids is 2. The largest absolute Gasteiger partial charge is 0.296 e. The Kier molecular flexibility index (Phi) is 4.99. The molecule has 3 heterocycles. The molecule has 0 spiro atoms. The highest BCUT2D eigenvalue weighted by atomic mass is 32.1. The zero-order chi connectivity index (χ0) is 18.6.